The Bertz CT molecular complexity index is 867. The second kappa shape index (κ2) is 12.6. The summed E-state index contributed by atoms with van der Waals surface area (Å²) in [5.41, 5.74) is 2.89. The molecule has 0 spiro atoms. The van der Waals surface area contributed by atoms with Gasteiger partial charge in [-0.25, -0.2) is 0 Å². The first-order valence-corrected chi connectivity index (χ1v) is 10.6. The molecule has 1 amide bonds. The average Bonchev–Trinajstić information content (AvgIpc) is 2.78. The van der Waals surface area contributed by atoms with Crippen molar-refractivity contribution in [2.75, 3.05) is 47.9 Å². The summed E-state index contributed by atoms with van der Waals surface area (Å²) in [4.78, 5) is 18.8. The quantitative estimate of drug-likeness (QED) is 0.403. The smallest absolute Gasteiger partial charge is 0.251 e. The molecule has 168 valence electrons. The van der Waals surface area contributed by atoms with Crippen molar-refractivity contribution in [3.05, 3.63) is 65.2 Å². The second-order valence-electron chi connectivity index (χ2n) is 7.40. The van der Waals surface area contributed by atoms with Crippen molar-refractivity contribution in [3.63, 3.8) is 0 Å². The first-order chi connectivity index (χ1) is 15.0. The summed E-state index contributed by atoms with van der Waals surface area (Å²) in [6.07, 6.45) is 0.791. The van der Waals surface area contributed by atoms with Gasteiger partial charge in [-0.05, 0) is 51.2 Å². The number of ether oxygens (including phenoxy) is 1. The molecule has 0 saturated heterocycles. The molecule has 0 heterocycles. The van der Waals surface area contributed by atoms with E-state index in [2.05, 4.69) is 26.9 Å². The predicted molar refractivity (Wildman–Crippen MR) is 127 cm³/mol. The van der Waals surface area contributed by atoms with E-state index < -0.39 is 0 Å². The van der Waals surface area contributed by atoms with Gasteiger partial charge in [0.05, 0.1) is 19.7 Å². The molecule has 0 aliphatic heterocycles. The first-order valence-electron chi connectivity index (χ1n) is 10.6. The Hall–Kier alpha value is -3.06. The minimum atomic E-state index is -0.0734. The number of guanidine groups is 1. The van der Waals surface area contributed by atoms with E-state index in [1.807, 2.05) is 63.5 Å². The maximum Gasteiger partial charge on any atom is 0.251 e. The van der Waals surface area contributed by atoms with Crippen LogP contribution in [0.2, 0.25) is 0 Å². The van der Waals surface area contributed by atoms with E-state index in [9.17, 15) is 4.79 Å². The highest BCUT2D eigenvalue weighted by molar-refractivity contribution is 5.94. The standard InChI is InChI=1S/C24H35N5O2/c1-6-26-24(27-15-14-18-10-9-11-19(16-18)23(30)25-2)28-17-21(29(3)4)20-12-7-8-13-22(20)31-5/h7-13,16,21H,6,14-15,17H2,1-5H3,(H,25,30)(H2,26,27,28). The number of carbonyl (C=O) groups is 1. The van der Waals surface area contributed by atoms with Crippen LogP contribution in [0.1, 0.15) is 34.5 Å². The number of likely N-dealkylation sites (N-methyl/N-ethyl adjacent to an activating group) is 1. The highest BCUT2D eigenvalue weighted by Crippen LogP contribution is 2.28. The molecule has 7 nitrogen and oxygen atoms in total. The molecule has 0 bridgehead atoms. The summed E-state index contributed by atoms with van der Waals surface area (Å²) < 4.78 is 5.54. The van der Waals surface area contributed by atoms with E-state index in [1.54, 1.807) is 14.2 Å². The number of nitrogens with zero attached hydrogens (tertiary/aromatic N) is 2. The van der Waals surface area contributed by atoms with Crippen LogP contribution in [-0.4, -0.2) is 64.7 Å². The lowest BCUT2D eigenvalue weighted by atomic mass is 10.0. The molecule has 2 aromatic rings. The van der Waals surface area contributed by atoms with E-state index in [1.165, 1.54) is 0 Å². The van der Waals surface area contributed by atoms with Gasteiger partial charge in [0.1, 0.15) is 5.75 Å². The van der Waals surface area contributed by atoms with Crippen molar-refractivity contribution in [3.8, 4) is 5.75 Å². The number of para-hydroxylation sites is 1. The summed E-state index contributed by atoms with van der Waals surface area (Å²) in [7, 11) is 7.43. The number of hydrogen-bond acceptors (Lipinski definition) is 4. The van der Waals surface area contributed by atoms with Gasteiger partial charge in [0.15, 0.2) is 5.96 Å². The number of aliphatic imine (C=N–C) groups is 1. The van der Waals surface area contributed by atoms with Crippen LogP contribution in [0, 0.1) is 0 Å². The zero-order valence-corrected chi connectivity index (χ0v) is 19.2. The van der Waals surface area contributed by atoms with Crippen molar-refractivity contribution < 1.29 is 9.53 Å². The first kappa shape index (κ1) is 24.2. The normalized spacial score (nSPS) is 12.4. The highest BCUT2D eigenvalue weighted by Gasteiger charge is 2.18. The van der Waals surface area contributed by atoms with E-state index in [-0.39, 0.29) is 11.9 Å². The van der Waals surface area contributed by atoms with Gasteiger partial charge in [0.2, 0.25) is 0 Å². The predicted octanol–water partition coefficient (Wildman–Crippen LogP) is 2.46. The van der Waals surface area contributed by atoms with Crippen LogP contribution < -0.4 is 20.7 Å². The Labute approximate surface area is 185 Å². The third-order valence-corrected chi connectivity index (χ3v) is 5.01. The van der Waals surface area contributed by atoms with Crippen LogP contribution in [-0.2, 0) is 6.42 Å². The molecular formula is C24H35N5O2. The Kier molecular flexibility index (Phi) is 9.84. The van der Waals surface area contributed by atoms with Crippen LogP contribution in [0.25, 0.3) is 0 Å². The number of rotatable bonds is 10. The topological polar surface area (TPSA) is 78.0 Å². The van der Waals surface area contributed by atoms with Crippen molar-refractivity contribution in [2.45, 2.75) is 19.4 Å². The lowest BCUT2D eigenvalue weighted by Gasteiger charge is -2.25. The summed E-state index contributed by atoms with van der Waals surface area (Å²) in [6.45, 7) is 4.13. The van der Waals surface area contributed by atoms with Gasteiger partial charge in [-0.15, -0.1) is 0 Å². The van der Waals surface area contributed by atoms with Crippen molar-refractivity contribution in [1.82, 2.24) is 20.9 Å². The maximum atomic E-state index is 11.8. The van der Waals surface area contributed by atoms with Crippen LogP contribution in [0.5, 0.6) is 5.75 Å². The highest BCUT2D eigenvalue weighted by atomic mass is 16.5. The Balaban J connectivity index is 2.04. The van der Waals surface area contributed by atoms with Gasteiger partial charge < -0.3 is 25.6 Å². The second-order valence-corrected chi connectivity index (χ2v) is 7.40. The zero-order valence-electron chi connectivity index (χ0n) is 19.2. The number of benzene rings is 2. The van der Waals surface area contributed by atoms with Crippen LogP contribution >= 0.6 is 0 Å². The molecule has 0 aromatic heterocycles. The van der Waals surface area contributed by atoms with Gasteiger partial charge in [-0.3, -0.25) is 9.79 Å². The minimum absolute atomic E-state index is 0.0734. The van der Waals surface area contributed by atoms with Crippen LogP contribution in [0.4, 0.5) is 0 Å². The summed E-state index contributed by atoms with van der Waals surface area (Å²) in [6, 6.07) is 15.8. The van der Waals surface area contributed by atoms with Gasteiger partial charge in [-0.1, -0.05) is 30.3 Å². The molecule has 7 heteroatoms. The molecule has 2 rings (SSSR count). The minimum Gasteiger partial charge on any atom is -0.496 e. The van der Waals surface area contributed by atoms with E-state index in [0.717, 1.165) is 35.8 Å². The average molecular weight is 426 g/mol. The Morgan fingerprint density at radius 2 is 1.90 bits per heavy atom. The third-order valence-electron chi connectivity index (χ3n) is 5.01. The number of methoxy groups -OCH3 is 1. The fourth-order valence-corrected chi connectivity index (χ4v) is 3.34. The maximum absolute atomic E-state index is 11.8. The van der Waals surface area contributed by atoms with E-state index in [0.29, 0.717) is 18.7 Å². The summed E-state index contributed by atoms with van der Waals surface area (Å²) >= 11 is 0. The van der Waals surface area contributed by atoms with Crippen molar-refractivity contribution >= 4 is 11.9 Å². The molecule has 0 aliphatic carbocycles. The Morgan fingerprint density at radius 3 is 2.58 bits per heavy atom. The van der Waals surface area contributed by atoms with Gasteiger partial charge in [-0.2, -0.15) is 0 Å². The lowest BCUT2D eigenvalue weighted by Crippen LogP contribution is -2.39. The monoisotopic (exact) mass is 425 g/mol. The Morgan fingerprint density at radius 1 is 1.13 bits per heavy atom. The largest absolute Gasteiger partial charge is 0.496 e. The molecule has 0 radical (unpaired) electrons. The molecule has 31 heavy (non-hydrogen) atoms. The van der Waals surface area contributed by atoms with Gasteiger partial charge >= 0.3 is 0 Å². The molecule has 0 aliphatic rings. The molecule has 0 saturated carbocycles. The summed E-state index contributed by atoms with van der Waals surface area (Å²) in [5.74, 6) is 1.56. The molecule has 1 unspecified atom stereocenters. The number of amides is 1. The zero-order chi connectivity index (χ0) is 22.6. The lowest BCUT2D eigenvalue weighted by molar-refractivity contribution is 0.0963. The van der Waals surface area contributed by atoms with Crippen molar-refractivity contribution in [2.24, 2.45) is 4.99 Å². The molecule has 0 fully saturated rings. The summed E-state index contributed by atoms with van der Waals surface area (Å²) in [5, 5.41) is 9.36. The molecule has 2 aromatic carbocycles. The molecule has 1 atom stereocenters. The fraction of sp³-hybridized carbons (Fsp3) is 0.417. The number of carbonyl (C=O) groups excluding carboxylic acids is 1. The van der Waals surface area contributed by atoms with Crippen molar-refractivity contribution in [1.29, 1.82) is 0 Å². The number of nitrogens with one attached hydrogen (secondary N) is 3. The molecule has 3 N–H and O–H groups in total. The van der Waals surface area contributed by atoms with E-state index in [4.69, 9.17) is 9.73 Å². The van der Waals surface area contributed by atoms with Crippen LogP contribution in [0.3, 0.4) is 0 Å². The fourth-order valence-electron chi connectivity index (χ4n) is 3.34. The van der Waals surface area contributed by atoms with Gasteiger partial charge in [0, 0.05) is 31.3 Å². The third kappa shape index (κ3) is 7.29. The SMILES string of the molecule is CCNC(=NCC(c1ccccc1OC)N(C)C)NCCc1cccc(C(=O)NC)c1. The van der Waals surface area contributed by atoms with Gasteiger partial charge in [0.25, 0.3) is 5.91 Å². The van der Waals surface area contributed by atoms with E-state index >= 15 is 0 Å². The number of hydrogen-bond donors (Lipinski definition) is 3. The molecular weight excluding hydrogens is 390 g/mol. The van der Waals surface area contributed by atoms with Crippen LogP contribution in [0.15, 0.2) is 53.5 Å².